The predicted molar refractivity (Wildman–Crippen MR) is 74.0 cm³/mol. The second kappa shape index (κ2) is 5.50. The van der Waals surface area contributed by atoms with Crippen molar-refractivity contribution in [3.8, 4) is 5.69 Å². The largest absolute Gasteiger partial charge is 0.389 e. The Labute approximate surface area is 113 Å². The normalized spacial score (nSPS) is 12.1. The molecule has 1 aromatic heterocycles. The van der Waals surface area contributed by atoms with Crippen LogP contribution in [0.5, 0.6) is 0 Å². The average molecular weight is 260 g/mol. The molecule has 0 saturated heterocycles. The van der Waals surface area contributed by atoms with Crippen LogP contribution < -0.4 is 0 Å². The van der Waals surface area contributed by atoms with E-state index in [1.807, 2.05) is 42.3 Å². The lowest BCUT2D eigenvalue weighted by Crippen LogP contribution is -2.36. The van der Waals surface area contributed by atoms with Crippen LogP contribution in [0.15, 0.2) is 36.7 Å². The van der Waals surface area contributed by atoms with Gasteiger partial charge in [0.25, 0.3) is 0 Å². The van der Waals surface area contributed by atoms with Crippen molar-refractivity contribution in [1.82, 2.24) is 19.7 Å². The fourth-order valence-electron chi connectivity index (χ4n) is 2.03. The summed E-state index contributed by atoms with van der Waals surface area (Å²) in [7, 11) is 1.95. The minimum atomic E-state index is -0.712. The van der Waals surface area contributed by atoms with Gasteiger partial charge in [0.2, 0.25) is 0 Å². The van der Waals surface area contributed by atoms with E-state index in [2.05, 4.69) is 10.1 Å². The summed E-state index contributed by atoms with van der Waals surface area (Å²) >= 11 is 0. The van der Waals surface area contributed by atoms with Crippen molar-refractivity contribution < 1.29 is 5.11 Å². The zero-order valence-corrected chi connectivity index (χ0v) is 11.6. The number of hydrogen-bond donors (Lipinski definition) is 1. The van der Waals surface area contributed by atoms with Crippen LogP contribution in [0, 0.1) is 0 Å². The molecule has 0 spiro atoms. The Bertz CT molecular complexity index is 516. The van der Waals surface area contributed by atoms with E-state index in [0.717, 1.165) is 11.5 Å². The number of nitrogens with zero attached hydrogens (tertiary/aromatic N) is 4. The van der Waals surface area contributed by atoms with Crippen molar-refractivity contribution in [2.24, 2.45) is 0 Å². The molecule has 0 fully saturated rings. The van der Waals surface area contributed by atoms with Crippen LogP contribution in [0.1, 0.15) is 19.7 Å². The predicted octanol–water partition coefficient (Wildman–Crippen LogP) is 1.47. The van der Waals surface area contributed by atoms with Crippen LogP contribution in [-0.4, -0.2) is 44.0 Å². The third-order valence-corrected chi connectivity index (χ3v) is 2.63. The van der Waals surface area contributed by atoms with Gasteiger partial charge in [0.05, 0.1) is 17.8 Å². The van der Waals surface area contributed by atoms with Gasteiger partial charge in [0.1, 0.15) is 6.33 Å². The lowest BCUT2D eigenvalue weighted by Gasteiger charge is -2.24. The summed E-state index contributed by atoms with van der Waals surface area (Å²) in [6.07, 6.45) is 1.71. The maximum atomic E-state index is 9.76. The van der Waals surface area contributed by atoms with Crippen molar-refractivity contribution in [3.63, 3.8) is 0 Å². The fraction of sp³-hybridized carbons (Fsp3) is 0.429. The fourth-order valence-corrected chi connectivity index (χ4v) is 2.03. The van der Waals surface area contributed by atoms with E-state index in [4.69, 9.17) is 0 Å². The molecule has 0 unspecified atom stereocenters. The summed E-state index contributed by atoms with van der Waals surface area (Å²) in [5, 5.41) is 14.2. The number of hydrogen-bond acceptors (Lipinski definition) is 4. The Balaban J connectivity index is 2.02. The molecule has 0 aliphatic rings. The van der Waals surface area contributed by atoms with Crippen molar-refractivity contribution >= 4 is 0 Å². The summed E-state index contributed by atoms with van der Waals surface area (Å²) in [6, 6.07) is 9.88. The molecule has 0 bridgehead atoms. The van der Waals surface area contributed by atoms with Gasteiger partial charge >= 0.3 is 0 Å². The van der Waals surface area contributed by atoms with E-state index < -0.39 is 5.60 Å². The second-order valence-corrected chi connectivity index (χ2v) is 5.43. The first kappa shape index (κ1) is 13.7. The minimum absolute atomic E-state index is 0.576. The zero-order valence-electron chi connectivity index (χ0n) is 11.6. The van der Waals surface area contributed by atoms with Crippen LogP contribution in [-0.2, 0) is 6.54 Å². The highest BCUT2D eigenvalue weighted by molar-refractivity contribution is 5.29. The molecule has 1 aromatic carbocycles. The number of rotatable bonds is 5. The number of aromatic nitrogens is 3. The Morgan fingerprint density at radius 1 is 1.26 bits per heavy atom. The first-order chi connectivity index (χ1) is 8.94. The molecular formula is C14H20N4O. The first-order valence-corrected chi connectivity index (χ1v) is 6.31. The number of aliphatic hydroxyl groups is 1. The van der Waals surface area contributed by atoms with E-state index >= 15 is 0 Å². The number of likely N-dealkylation sites (N-methyl/N-ethyl adjacent to an activating group) is 1. The summed E-state index contributed by atoms with van der Waals surface area (Å²) < 4.78 is 1.76. The lowest BCUT2D eigenvalue weighted by molar-refractivity contribution is 0.0418. The molecule has 1 N–H and O–H groups in total. The van der Waals surface area contributed by atoms with Gasteiger partial charge in [-0.15, -0.1) is 5.10 Å². The first-order valence-electron chi connectivity index (χ1n) is 6.31. The molecule has 0 aliphatic heterocycles. The quantitative estimate of drug-likeness (QED) is 0.884. The molecule has 0 amide bonds. The maximum Gasteiger partial charge on any atom is 0.164 e. The van der Waals surface area contributed by atoms with Crippen LogP contribution in [0.25, 0.3) is 5.69 Å². The van der Waals surface area contributed by atoms with E-state index in [1.165, 1.54) is 0 Å². The second-order valence-electron chi connectivity index (χ2n) is 5.43. The molecule has 5 heteroatoms. The van der Waals surface area contributed by atoms with E-state index in [9.17, 15) is 5.11 Å². The van der Waals surface area contributed by atoms with Gasteiger partial charge in [-0.1, -0.05) is 18.2 Å². The minimum Gasteiger partial charge on any atom is -0.389 e. The van der Waals surface area contributed by atoms with Crippen LogP contribution >= 0.6 is 0 Å². The van der Waals surface area contributed by atoms with Crippen molar-refractivity contribution in [3.05, 3.63) is 42.5 Å². The molecule has 102 valence electrons. The smallest absolute Gasteiger partial charge is 0.164 e. The van der Waals surface area contributed by atoms with Gasteiger partial charge < -0.3 is 5.11 Å². The van der Waals surface area contributed by atoms with Crippen LogP contribution in [0.4, 0.5) is 0 Å². The summed E-state index contributed by atoms with van der Waals surface area (Å²) in [6.45, 7) is 4.77. The molecule has 1 heterocycles. The molecule has 19 heavy (non-hydrogen) atoms. The van der Waals surface area contributed by atoms with Gasteiger partial charge in [0.15, 0.2) is 5.82 Å². The highest BCUT2D eigenvalue weighted by Crippen LogP contribution is 2.08. The molecule has 5 nitrogen and oxygen atoms in total. The van der Waals surface area contributed by atoms with Crippen molar-refractivity contribution in [1.29, 1.82) is 0 Å². The van der Waals surface area contributed by atoms with Gasteiger partial charge in [-0.05, 0) is 33.0 Å². The summed E-state index contributed by atoms with van der Waals surface area (Å²) in [5.41, 5.74) is 0.280. The molecule has 2 rings (SSSR count). The SMILES string of the molecule is CN(Cc1ncn(-c2ccccc2)n1)CC(C)(C)O. The van der Waals surface area contributed by atoms with Gasteiger partial charge in [-0.25, -0.2) is 9.67 Å². The third kappa shape index (κ3) is 4.15. The van der Waals surface area contributed by atoms with E-state index in [-0.39, 0.29) is 0 Å². The standard InChI is InChI=1S/C14H20N4O/c1-14(2,19)10-17(3)9-13-15-11-18(16-13)12-7-5-4-6-8-12/h4-8,11,19H,9-10H2,1-3H3. The van der Waals surface area contributed by atoms with Crippen molar-refractivity contribution in [2.75, 3.05) is 13.6 Å². The molecule has 2 aromatic rings. The van der Waals surface area contributed by atoms with Crippen molar-refractivity contribution in [2.45, 2.75) is 26.0 Å². The third-order valence-electron chi connectivity index (χ3n) is 2.63. The maximum absolute atomic E-state index is 9.76. The van der Waals surface area contributed by atoms with E-state index in [0.29, 0.717) is 13.1 Å². The van der Waals surface area contributed by atoms with E-state index in [1.54, 1.807) is 24.9 Å². The van der Waals surface area contributed by atoms with Gasteiger partial charge in [-0.2, -0.15) is 0 Å². The molecule has 0 radical (unpaired) electrons. The molecule has 0 atom stereocenters. The Morgan fingerprint density at radius 3 is 2.58 bits per heavy atom. The lowest BCUT2D eigenvalue weighted by atomic mass is 10.1. The summed E-state index contributed by atoms with van der Waals surface area (Å²) in [5.74, 6) is 0.746. The van der Waals surface area contributed by atoms with Gasteiger partial charge in [-0.3, -0.25) is 4.90 Å². The number of para-hydroxylation sites is 1. The molecule has 0 saturated carbocycles. The zero-order chi connectivity index (χ0) is 13.9. The Morgan fingerprint density at radius 2 is 1.95 bits per heavy atom. The monoisotopic (exact) mass is 260 g/mol. The van der Waals surface area contributed by atoms with Gasteiger partial charge in [0, 0.05) is 6.54 Å². The highest BCUT2D eigenvalue weighted by atomic mass is 16.3. The topological polar surface area (TPSA) is 54.2 Å². The van der Waals surface area contributed by atoms with Crippen LogP contribution in [0.2, 0.25) is 0 Å². The molecular weight excluding hydrogens is 240 g/mol. The average Bonchev–Trinajstić information content (AvgIpc) is 2.76. The Kier molecular flexibility index (Phi) is 3.97. The Hall–Kier alpha value is -1.72. The van der Waals surface area contributed by atoms with Crippen LogP contribution in [0.3, 0.4) is 0 Å². The summed E-state index contributed by atoms with van der Waals surface area (Å²) in [4.78, 5) is 6.30. The molecule has 0 aliphatic carbocycles. The highest BCUT2D eigenvalue weighted by Gasteiger charge is 2.16. The number of benzene rings is 1.